The maximum atomic E-state index is 12.3. The summed E-state index contributed by atoms with van der Waals surface area (Å²) in [7, 11) is 0. The van der Waals surface area contributed by atoms with Crippen LogP contribution < -0.4 is 0 Å². The average Bonchev–Trinajstić information content (AvgIpc) is 3.17. The number of carbonyl (C=O) groups excluding carboxylic acids is 2. The topological polar surface area (TPSA) is 57.6 Å². The molecule has 0 bridgehead atoms. The maximum Gasteiger partial charge on any atom is 0.261 e. The van der Waals surface area contributed by atoms with Crippen molar-refractivity contribution in [1.82, 2.24) is 4.90 Å². The quantitative estimate of drug-likeness (QED) is 0.818. The van der Waals surface area contributed by atoms with Gasteiger partial charge in [0.15, 0.2) is 0 Å². The van der Waals surface area contributed by atoms with Gasteiger partial charge in [0, 0.05) is 6.04 Å². The molecule has 2 aliphatic carbocycles. The normalized spacial score (nSPS) is 33.3. The summed E-state index contributed by atoms with van der Waals surface area (Å²) >= 11 is 0. The Morgan fingerprint density at radius 3 is 2.05 bits per heavy atom. The summed E-state index contributed by atoms with van der Waals surface area (Å²) in [6.07, 6.45) is 3.24. The van der Waals surface area contributed by atoms with E-state index in [2.05, 4.69) is 0 Å². The molecule has 0 radical (unpaired) electrons. The molecule has 1 aromatic carbocycles. The number of benzene rings is 1. The molecule has 98 valence electrons. The second kappa shape index (κ2) is 3.45. The summed E-state index contributed by atoms with van der Waals surface area (Å²) in [6.45, 7) is 0. The second-order valence-electron chi connectivity index (χ2n) is 5.97. The SMILES string of the molecule is O=C1c2ccccc2C(=O)N1C1CC(O)(C2CC2)C1. The largest absolute Gasteiger partial charge is 0.389 e. The van der Waals surface area contributed by atoms with Crippen LogP contribution in [0.4, 0.5) is 0 Å². The Morgan fingerprint density at radius 2 is 1.58 bits per heavy atom. The third kappa shape index (κ3) is 1.43. The fourth-order valence-corrected chi connectivity index (χ4v) is 3.43. The van der Waals surface area contributed by atoms with Gasteiger partial charge in [0.1, 0.15) is 0 Å². The van der Waals surface area contributed by atoms with Gasteiger partial charge in [-0.25, -0.2) is 0 Å². The Bertz CT molecular complexity index is 550. The van der Waals surface area contributed by atoms with Crippen molar-refractivity contribution < 1.29 is 14.7 Å². The Morgan fingerprint density at radius 1 is 1.05 bits per heavy atom. The first-order chi connectivity index (χ1) is 9.10. The van der Waals surface area contributed by atoms with Gasteiger partial charge in [-0.05, 0) is 43.7 Å². The van der Waals surface area contributed by atoms with Gasteiger partial charge in [-0.15, -0.1) is 0 Å². The summed E-state index contributed by atoms with van der Waals surface area (Å²) in [5.74, 6) is -0.0224. The highest BCUT2D eigenvalue weighted by molar-refractivity contribution is 6.21. The first-order valence-electron chi connectivity index (χ1n) is 6.79. The molecule has 2 saturated carbocycles. The zero-order valence-corrected chi connectivity index (χ0v) is 10.5. The van der Waals surface area contributed by atoms with E-state index in [0.29, 0.717) is 29.9 Å². The van der Waals surface area contributed by atoms with Crippen LogP contribution in [0.2, 0.25) is 0 Å². The molecule has 1 heterocycles. The number of hydrogen-bond donors (Lipinski definition) is 1. The van der Waals surface area contributed by atoms with E-state index in [1.54, 1.807) is 24.3 Å². The van der Waals surface area contributed by atoms with E-state index in [1.165, 1.54) is 4.90 Å². The van der Waals surface area contributed by atoms with Crippen LogP contribution in [-0.4, -0.2) is 33.5 Å². The minimum Gasteiger partial charge on any atom is -0.389 e. The molecule has 0 saturated heterocycles. The summed E-state index contributed by atoms with van der Waals surface area (Å²) in [5, 5.41) is 10.3. The molecule has 4 nitrogen and oxygen atoms in total. The predicted molar refractivity (Wildman–Crippen MR) is 67.6 cm³/mol. The summed E-state index contributed by atoms with van der Waals surface area (Å²) in [5.41, 5.74) is 0.365. The van der Waals surface area contributed by atoms with Crippen molar-refractivity contribution in [2.45, 2.75) is 37.3 Å². The molecule has 0 spiro atoms. The van der Waals surface area contributed by atoms with Gasteiger partial charge in [0.25, 0.3) is 11.8 Å². The molecule has 1 aliphatic heterocycles. The van der Waals surface area contributed by atoms with Gasteiger partial charge in [0.05, 0.1) is 16.7 Å². The van der Waals surface area contributed by atoms with Crippen LogP contribution in [0.25, 0.3) is 0 Å². The molecule has 0 unspecified atom stereocenters. The van der Waals surface area contributed by atoms with E-state index in [4.69, 9.17) is 0 Å². The van der Waals surface area contributed by atoms with Crippen molar-refractivity contribution >= 4 is 11.8 Å². The highest BCUT2D eigenvalue weighted by Gasteiger charge is 2.56. The lowest BCUT2D eigenvalue weighted by molar-refractivity contribution is -0.0918. The summed E-state index contributed by atoms with van der Waals surface area (Å²) < 4.78 is 0. The molecule has 0 atom stereocenters. The number of hydrogen-bond acceptors (Lipinski definition) is 3. The number of fused-ring (bicyclic) bond motifs is 1. The zero-order chi connectivity index (χ0) is 13.2. The lowest BCUT2D eigenvalue weighted by Gasteiger charge is -2.47. The van der Waals surface area contributed by atoms with E-state index in [9.17, 15) is 14.7 Å². The number of imide groups is 1. The van der Waals surface area contributed by atoms with Crippen LogP contribution in [0.1, 0.15) is 46.4 Å². The van der Waals surface area contributed by atoms with Gasteiger partial charge in [-0.1, -0.05) is 12.1 Å². The van der Waals surface area contributed by atoms with Gasteiger partial charge in [-0.2, -0.15) is 0 Å². The first-order valence-corrected chi connectivity index (χ1v) is 6.79. The van der Waals surface area contributed by atoms with E-state index < -0.39 is 5.60 Å². The Hall–Kier alpha value is -1.68. The van der Waals surface area contributed by atoms with Crippen molar-refractivity contribution in [1.29, 1.82) is 0 Å². The number of rotatable bonds is 2. The molecule has 1 N–H and O–H groups in total. The molecule has 4 rings (SSSR count). The standard InChI is InChI=1S/C15H15NO3/c17-13-11-3-1-2-4-12(11)14(18)16(13)10-7-15(19,8-10)9-5-6-9/h1-4,9-10,19H,5-8H2. The minimum absolute atomic E-state index is 0.127. The number of nitrogens with zero attached hydrogens (tertiary/aromatic N) is 1. The molecule has 2 fully saturated rings. The first kappa shape index (κ1) is 11.2. The molecule has 3 aliphatic rings. The monoisotopic (exact) mass is 257 g/mol. The van der Waals surface area contributed by atoms with Crippen LogP contribution in [0.3, 0.4) is 0 Å². The van der Waals surface area contributed by atoms with Crippen molar-refractivity contribution in [3.8, 4) is 0 Å². The van der Waals surface area contributed by atoms with Crippen molar-refractivity contribution in [2.24, 2.45) is 5.92 Å². The summed E-state index contributed by atoms with van der Waals surface area (Å²) in [6, 6.07) is 6.81. The molecule has 0 aromatic heterocycles. The Kier molecular flexibility index (Phi) is 2.03. The average molecular weight is 257 g/mol. The smallest absolute Gasteiger partial charge is 0.261 e. The fraction of sp³-hybridized carbons (Fsp3) is 0.467. The highest BCUT2D eigenvalue weighted by Crippen LogP contribution is 2.52. The van der Waals surface area contributed by atoms with E-state index >= 15 is 0 Å². The lowest BCUT2D eigenvalue weighted by atomic mass is 9.71. The van der Waals surface area contributed by atoms with Crippen LogP contribution in [0, 0.1) is 5.92 Å². The molecule has 4 heteroatoms. The zero-order valence-electron chi connectivity index (χ0n) is 10.5. The summed E-state index contributed by atoms with van der Waals surface area (Å²) in [4.78, 5) is 25.9. The van der Waals surface area contributed by atoms with Crippen LogP contribution >= 0.6 is 0 Å². The third-order valence-electron chi connectivity index (χ3n) is 4.71. The lowest BCUT2D eigenvalue weighted by Crippen LogP contribution is -2.57. The molecule has 2 amide bonds. The maximum absolute atomic E-state index is 12.3. The van der Waals surface area contributed by atoms with Crippen molar-refractivity contribution in [3.63, 3.8) is 0 Å². The van der Waals surface area contributed by atoms with Crippen molar-refractivity contribution in [3.05, 3.63) is 35.4 Å². The van der Waals surface area contributed by atoms with Gasteiger partial charge >= 0.3 is 0 Å². The minimum atomic E-state index is -0.625. The molecular formula is C15H15NO3. The van der Waals surface area contributed by atoms with Crippen LogP contribution in [0.15, 0.2) is 24.3 Å². The molecular weight excluding hydrogens is 242 g/mol. The molecule has 1 aromatic rings. The Balaban J connectivity index is 1.58. The van der Waals surface area contributed by atoms with Gasteiger partial charge < -0.3 is 5.11 Å². The fourth-order valence-electron chi connectivity index (χ4n) is 3.43. The number of amides is 2. The second-order valence-corrected chi connectivity index (χ2v) is 5.97. The number of carbonyl (C=O) groups is 2. The third-order valence-corrected chi connectivity index (χ3v) is 4.71. The van der Waals surface area contributed by atoms with E-state index in [-0.39, 0.29) is 17.9 Å². The van der Waals surface area contributed by atoms with E-state index in [0.717, 1.165) is 12.8 Å². The van der Waals surface area contributed by atoms with E-state index in [1.807, 2.05) is 0 Å². The van der Waals surface area contributed by atoms with Crippen LogP contribution in [0.5, 0.6) is 0 Å². The van der Waals surface area contributed by atoms with Gasteiger partial charge in [-0.3, -0.25) is 14.5 Å². The number of aliphatic hydroxyl groups is 1. The highest BCUT2D eigenvalue weighted by atomic mass is 16.3. The molecule has 19 heavy (non-hydrogen) atoms. The predicted octanol–water partition coefficient (Wildman–Crippen LogP) is 1.59. The Labute approximate surface area is 111 Å². The van der Waals surface area contributed by atoms with Crippen LogP contribution in [-0.2, 0) is 0 Å². The van der Waals surface area contributed by atoms with Gasteiger partial charge in [0.2, 0.25) is 0 Å². The van der Waals surface area contributed by atoms with Crippen molar-refractivity contribution in [2.75, 3.05) is 0 Å².